The van der Waals surface area contributed by atoms with Gasteiger partial charge in [0.05, 0.1) is 31.3 Å². The molecule has 2 heterocycles. The fraction of sp³-hybridized carbons (Fsp3) is 0.611. The topological polar surface area (TPSA) is 38.8 Å². The van der Waals surface area contributed by atoms with Crippen LogP contribution >= 0.6 is 0 Å². The van der Waals surface area contributed by atoms with E-state index in [0.717, 1.165) is 38.0 Å². The molecule has 0 bridgehead atoms. The first-order chi connectivity index (χ1) is 10.8. The Balaban J connectivity index is 1.55. The molecule has 0 aliphatic carbocycles. The lowest BCUT2D eigenvalue weighted by Gasteiger charge is -2.36. The molecule has 4 heteroatoms. The summed E-state index contributed by atoms with van der Waals surface area (Å²) in [5.74, 6) is 0.227. The second-order valence-corrected chi connectivity index (χ2v) is 6.14. The highest BCUT2D eigenvalue weighted by Gasteiger charge is 2.41. The minimum absolute atomic E-state index is 0.193. The monoisotopic (exact) mass is 303 g/mol. The van der Waals surface area contributed by atoms with Gasteiger partial charge in [-0.15, -0.1) is 0 Å². The van der Waals surface area contributed by atoms with Crippen LogP contribution < -0.4 is 0 Å². The molecule has 0 spiro atoms. The van der Waals surface area contributed by atoms with Crippen LogP contribution in [-0.4, -0.2) is 48.8 Å². The summed E-state index contributed by atoms with van der Waals surface area (Å²) in [5, 5.41) is 0. The van der Waals surface area contributed by atoms with Crippen molar-refractivity contribution in [3.05, 3.63) is 35.9 Å². The number of carbonyl (C=O) groups is 1. The Hall–Kier alpha value is -1.39. The van der Waals surface area contributed by atoms with Crippen molar-refractivity contribution in [1.82, 2.24) is 4.90 Å². The molecule has 1 aromatic rings. The van der Waals surface area contributed by atoms with Gasteiger partial charge in [0.1, 0.15) is 0 Å². The number of benzene rings is 1. The van der Waals surface area contributed by atoms with Crippen molar-refractivity contribution in [1.29, 1.82) is 0 Å². The summed E-state index contributed by atoms with van der Waals surface area (Å²) in [4.78, 5) is 14.6. The molecule has 1 amide bonds. The Morgan fingerprint density at radius 3 is 2.86 bits per heavy atom. The number of fused-ring (bicyclic) bond motifs is 1. The number of hydrogen-bond donors (Lipinski definition) is 0. The van der Waals surface area contributed by atoms with Crippen LogP contribution in [0, 0.1) is 0 Å². The molecule has 2 fully saturated rings. The fourth-order valence-corrected chi connectivity index (χ4v) is 3.55. The molecule has 0 saturated carbocycles. The smallest absolute Gasteiger partial charge is 0.227 e. The lowest BCUT2D eigenvalue weighted by atomic mass is 9.99. The fourth-order valence-electron chi connectivity index (χ4n) is 3.55. The maximum atomic E-state index is 12.6. The van der Waals surface area contributed by atoms with Gasteiger partial charge in [-0.3, -0.25) is 4.79 Å². The highest BCUT2D eigenvalue weighted by molar-refractivity contribution is 5.79. The van der Waals surface area contributed by atoms with E-state index in [4.69, 9.17) is 9.47 Å². The zero-order valence-electron chi connectivity index (χ0n) is 13.2. The zero-order chi connectivity index (χ0) is 15.4. The highest BCUT2D eigenvalue weighted by atomic mass is 16.5. The van der Waals surface area contributed by atoms with Crippen LogP contribution in [0.5, 0.6) is 0 Å². The van der Waals surface area contributed by atoms with Crippen LogP contribution in [0.4, 0.5) is 0 Å². The van der Waals surface area contributed by atoms with Crippen LogP contribution in [0.1, 0.15) is 31.7 Å². The van der Waals surface area contributed by atoms with Gasteiger partial charge >= 0.3 is 0 Å². The molecule has 2 aliphatic heterocycles. The number of amides is 1. The lowest BCUT2D eigenvalue weighted by Crippen LogP contribution is -2.46. The van der Waals surface area contributed by atoms with Gasteiger partial charge < -0.3 is 14.4 Å². The maximum absolute atomic E-state index is 12.6. The summed E-state index contributed by atoms with van der Waals surface area (Å²) in [6.45, 7) is 4.24. The minimum Gasteiger partial charge on any atom is -0.379 e. The molecule has 1 aromatic carbocycles. The summed E-state index contributed by atoms with van der Waals surface area (Å²) >= 11 is 0. The van der Waals surface area contributed by atoms with E-state index >= 15 is 0 Å². The number of nitrogens with zero attached hydrogens (tertiary/aromatic N) is 1. The van der Waals surface area contributed by atoms with Crippen LogP contribution in [-0.2, 0) is 20.7 Å². The quantitative estimate of drug-likeness (QED) is 0.838. The second kappa shape index (κ2) is 7.25. The van der Waals surface area contributed by atoms with Crippen LogP contribution in [0.25, 0.3) is 0 Å². The van der Waals surface area contributed by atoms with Gasteiger partial charge in [-0.1, -0.05) is 30.3 Å². The van der Waals surface area contributed by atoms with E-state index in [9.17, 15) is 4.79 Å². The molecule has 2 saturated heterocycles. The van der Waals surface area contributed by atoms with Crippen molar-refractivity contribution < 1.29 is 14.3 Å². The van der Waals surface area contributed by atoms with E-state index < -0.39 is 0 Å². The van der Waals surface area contributed by atoms with Gasteiger partial charge in [0, 0.05) is 13.2 Å². The van der Waals surface area contributed by atoms with Gasteiger partial charge in [0.15, 0.2) is 0 Å². The number of hydrogen-bond acceptors (Lipinski definition) is 3. The molecule has 120 valence electrons. The number of rotatable bonds is 5. The molecular formula is C18H25NO3. The molecule has 22 heavy (non-hydrogen) atoms. The Morgan fingerprint density at radius 2 is 2.09 bits per heavy atom. The normalized spacial score (nSPS) is 27.7. The number of likely N-dealkylation sites (tertiary alicyclic amines) is 1. The number of carbonyl (C=O) groups excluding carboxylic acids is 1. The molecule has 3 atom stereocenters. The molecule has 0 aromatic heterocycles. The van der Waals surface area contributed by atoms with Crippen molar-refractivity contribution >= 4 is 5.91 Å². The standard InChI is InChI=1S/C18H25NO3/c1-2-21-13-15-8-9-16-17(22-15)10-11-19(16)18(20)12-14-6-4-3-5-7-14/h3-7,15-17H,2,8-13H2,1H3/t15-,16-,17-/m0/s1. The summed E-state index contributed by atoms with van der Waals surface area (Å²) < 4.78 is 11.6. The summed E-state index contributed by atoms with van der Waals surface area (Å²) in [5.41, 5.74) is 1.09. The SMILES string of the molecule is CCOC[C@@H]1CC[C@H]2[C@H](CCN2C(=O)Cc2ccccc2)O1. The second-order valence-electron chi connectivity index (χ2n) is 6.14. The van der Waals surface area contributed by atoms with Crippen molar-refractivity contribution in [2.75, 3.05) is 19.8 Å². The van der Waals surface area contributed by atoms with E-state index in [1.165, 1.54) is 0 Å². The first kappa shape index (κ1) is 15.5. The highest BCUT2D eigenvalue weighted by Crippen LogP contribution is 2.32. The molecule has 0 N–H and O–H groups in total. The summed E-state index contributed by atoms with van der Waals surface area (Å²) in [6.07, 6.45) is 3.85. The molecule has 0 radical (unpaired) electrons. The molecule has 3 rings (SSSR count). The molecular weight excluding hydrogens is 278 g/mol. The predicted octanol–water partition coefficient (Wildman–Crippen LogP) is 2.41. The lowest BCUT2D eigenvalue weighted by molar-refractivity contribution is -0.138. The Bertz CT molecular complexity index is 490. The third-order valence-electron chi connectivity index (χ3n) is 4.66. The first-order valence-electron chi connectivity index (χ1n) is 8.34. The van der Waals surface area contributed by atoms with E-state index in [1.54, 1.807) is 0 Å². The van der Waals surface area contributed by atoms with Crippen LogP contribution in [0.2, 0.25) is 0 Å². The predicted molar refractivity (Wildman–Crippen MR) is 84.7 cm³/mol. The van der Waals surface area contributed by atoms with E-state index in [0.29, 0.717) is 13.0 Å². The minimum atomic E-state index is 0.193. The van der Waals surface area contributed by atoms with Crippen molar-refractivity contribution in [3.8, 4) is 0 Å². The van der Waals surface area contributed by atoms with Gasteiger partial charge in [-0.25, -0.2) is 0 Å². The Morgan fingerprint density at radius 1 is 1.27 bits per heavy atom. The van der Waals surface area contributed by atoms with Crippen molar-refractivity contribution in [2.45, 2.75) is 50.9 Å². The Labute approximate surface area is 132 Å². The van der Waals surface area contributed by atoms with Gasteiger partial charge in [0.2, 0.25) is 5.91 Å². The number of ether oxygens (including phenoxy) is 2. The van der Waals surface area contributed by atoms with Gasteiger partial charge in [0.25, 0.3) is 0 Å². The summed E-state index contributed by atoms with van der Waals surface area (Å²) in [7, 11) is 0. The third-order valence-corrected chi connectivity index (χ3v) is 4.66. The first-order valence-corrected chi connectivity index (χ1v) is 8.34. The van der Waals surface area contributed by atoms with E-state index in [-0.39, 0.29) is 24.2 Å². The average molecular weight is 303 g/mol. The van der Waals surface area contributed by atoms with E-state index in [1.807, 2.05) is 42.2 Å². The molecule has 4 nitrogen and oxygen atoms in total. The summed E-state index contributed by atoms with van der Waals surface area (Å²) in [6, 6.07) is 10.2. The molecule has 2 aliphatic rings. The third kappa shape index (κ3) is 3.50. The van der Waals surface area contributed by atoms with Gasteiger partial charge in [-0.05, 0) is 31.7 Å². The van der Waals surface area contributed by atoms with Crippen molar-refractivity contribution in [2.24, 2.45) is 0 Å². The zero-order valence-corrected chi connectivity index (χ0v) is 13.2. The van der Waals surface area contributed by atoms with Crippen molar-refractivity contribution in [3.63, 3.8) is 0 Å². The molecule has 0 unspecified atom stereocenters. The van der Waals surface area contributed by atoms with E-state index in [2.05, 4.69) is 0 Å². The largest absolute Gasteiger partial charge is 0.379 e. The van der Waals surface area contributed by atoms with Gasteiger partial charge in [-0.2, -0.15) is 0 Å². The Kier molecular flexibility index (Phi) is 5.11. The maximum Gasteiger partial charge on any atom is 0.227 e. The van der Waals surface area contributed by atoms with Crippen LogP contribution in [0.3, 0.4) is 0 Å². The van der Waals surface area contributed by atoms with Crippen LogP contribution in [0.15, 0.2) is 30.3 Å². The average Bonchev–Trinajstić information content (AvgIpc) is 2.97.